The molecule has 1 aromatic heterocycles. The molecule has 224 valence electrons. The number of benzene rings is 7. The van der Waals surface area contributed by atoms with Gasteiger partial charge in [0, 0.05) is 26.3 Å². The van der Waals surface area contributed by atoms with E-state index in [4.69, 9.17) is 9.97 Å². The minimum atomic E-state index is -0.437. The fraction of sp³-hybridized carbons (Fsp3) is 0.0222. The van der Waals surface area contributed by atoms with E-state index in [0.29, 0.717) is 0 Å². The second-order valence-electron chi connectivity index (χ2n) is 12.5. The zero-order valence-corrected chi connectivity index (χ0v) is 26.8. The molecule has 0 saturated carbocycles. The third-order valence-corrected chi connectivity index (χ3v) is 11.1. The van der Waals surface area contributed by atoms with Gasteiger partial charge < -0.3 is 0 Å². The van der Waals surface area contributed by atoms with Gasteiger partial charge in [-0.15, -0.1) is 0 Å². The zero-order chi connectivity index (χ0) is 31.7. The van der Waals surface area contributed by atoms with Crippen molar-refractivity contribution in [3.63, 3.8) is 0 Å². The van der Waals surface area contributed by atoms with E-state index < -0.39 is 5.41 Å². The fourth-order valence-corrected chi connectivity index (χ4v) is 9.15. The monoisotopic (exact) mass is 628 g/mol. The predicted octanol–water partition coefficient (Wildman–Crippen LogP) is 11.5. The minimum absolute atomic E-state index is 0.437. The van der Waals surface area contributed by atoms with Gasteiger partial charge in [-0.25, -0.2) is 9.97 Å². The minimum Gasteiger partial charge on any atom is -0.228 e. The van der Waals surface area contributed by atoms with E-state index in [1.807, 2.05) is 11.8 Å². The summed E-state index contributed by atoms with van der Waals surface area (Å²) in [5.41, 5.74) is 13.7. The first-order valence-electron chi connectivity index (χ1n) is 16.3. The van der Waals surface area contributed by atoms with Gasteiger partial charge in [-0.1, -0.05) is 163 Å². The molecule has 2 nitrogen and oxygen atoms in total. The molecule has 0 radical (unpaired) electrons. The van der Waals surface area contributed by atoms with Gasteiger partial charge in [0.1, 0.15) is 0 Å². The summed E-state index contributed by atoms with van der Waals surface area (Å²) in [5, 5.41) is 1.05. The van der Waals surface area contributed by atoms with Gasteiger partial charge in [-0.3, -0.25) is 0 Å². The van der Waals surface area contributed by atoms with Gasteiger partial charge in [0.05, 0.1) is 16.6 Å². The lowest BCUT2D eigenvalue weighted by atomic mass is 9.67. The van der Waals surface area contributed by atoms with E-state index in [1.54, 1.807) is 0 Å². The lowest BCUT2D eigenvalue weighted by Crippen LogP contribution is -2.31. The molecule has 0 unspecified atom stereocenters. The number of hydrogen-bond donors (Lipinski definition) is 0. The predicted molar refractivity (Wildman–Crippen MR) is 197 cm³/mol. The quantitative estimate of drug-likeness (QED) is 0.195. The first kappa shape index (κ1) is 27.4. The van der Waals surface area contributed by atoms with Crippen molar-refractivity contribution in [3.8, 4) is 44.9 Å². The largest absolute Gasteiger partial charge is 0.228 e. The second kappa shape index (κ2) is 10.6. The van der Waals surface area contributed by atoms with Crippen LogP contribution in [0.1, 0.15) is 22.3 Å². The molecule has 1 aliphatic carbocycles. The van der Waals surface area contributed by atoms with E-state index in [1.165, 1.54) is 54.3 Å². The summed E-state index contributed by atoms with van der Waals surface area (Å²) in [5.74, 6) is 0.742. The van der Waals surface area contributed by atoms with Gasteiger partial charge in [0.15, 0.2) is 5.82 Å². The standard InChI is InChI=1S/C45H28N2S/c1-2-13-29(14-3-1)30-25-27-31(28-26-30)43-33-16-5-9-22-39(33)46-44(47-43)34-17-12-21-38-42(34)32-15-4-6-18-35(32)45(38)36-19-7-10-23-40(36)48-41-24-11-8-20-37(41)45/h1-28H. The summed E-state index contributed by atoms with van der Waals surface area (Å²) >= 11 is 1.87. The van der Waals surface area contributed by atoms with Crippen LogP contribution in [0.3, 0.4) is 0 Å². The molecule has 8 aromatic rings. The Hall–Kier alpha value is -5.77. The van der Waals surface area contributed by atoms with Crippen molar-refractivity contribution in [3.05, 3.63) is 192 Å². The molecule has 3 heteroatoms. The molecule has 10 rings (SSSR count). The Morgan fingerprint density at radius 2 is 0.958 bits per heavy atom. The molecule has 7 aromatic carbocycles. The van der Waals surface area contributed by atoms with Gasteiger partial charge in [0.2, 0.25) is 0 Å². The van der Waals surface area contributed by atoms with Crippen LogP contribution < -0.4 is 0 Å². The molecule has 0 atom stereocenters. The maximum atomic E-state index is 5.40. The van der Waals surface area contributed by atoms with Crippen molar-refractivity contribution in [2.45, 2.75) is 15.2 Å². The highest BCUT2D eigenvalue weighted by Crippen LogP contribution is 2.63. The average molecular weight is 629 g/mol. The molecule has 2 aliphatic rings. The summed E-state index contributed by atoms with van der Waals surface area (Å²) in [6.45, 7) is 0. The number of fused-ring (bicyclic) bond motifs is 10. The van der Waals surface area contributed by atoms with Crippen molar-refractivity contribution in [1.82, 2.24) is 9.97 Å². The summed E-state index contributed by atoms with van der Waals surface area (Å²) in [7, 11) is 0. The lowest BCUT2D eigenvalue weighted by molar-refractivity contribution is 0.722. The van der Waals surface area contributed by atoms with Crippen molar-refractivity contribution in [2.24, 2.45) is 0 Å². The van der Waals surface area contributed by atoms with Gasteiger partial charge in [-0.2, -0.15) is 0 Å². The van der Waals surface area contributed by atoms with Crippen LogP contribution in [0.2, 0.25) is 0 Å². The van der Waals surface area contributed by atoms with Crippen LogP contribution in [0.15, 0.2) is 180 Å². The van der Waals surface area contributed by atoms with Crippen molar-refractivity contribution < 1.29 is 0 Å². The summed E-state index contributed by atoms with van der Waals surface area (Å²) in [6, 6.07) is 61.2. The summed E-state index contributed by atoms with van der Waals surface area (Å²) in [6.07, 6.45) is 0. The highest BCUT2D eigenvalue weighted by Gasteiger charge is 2.50. The van der Waals surface area contributed by atoms with E-state index in [9.17, 15) is 0 Å². The van der Waals surface area contributed by atoms with E-state index in [2.05, 4.69) is 170 Å². The Morgan fingerprint density at radius 1 is 0.396 bits per heavy atom. The topological polar surface area (TPSA) is 25.8 Å². The highest BCUT2D eigenvalue weighted by molar-refractivity contribution is 7.99. The van der Waals surface area contributed by atoms with Crippen molar-refractivity contribution in [1.29, 1.82) is 0 Å². The lowest BCUT2D eigenvalue weighted by Gasteiger charge is -2.39. The number of hydrogen-bond acceptors (Lipinski definition) is 3. The first-order chi connectivity index (χ1) is 23.8. The van der Waals surface area contributed by atoms with Gasteiger partial charge >= 0.3 is 0 Å². The molecule has 0 N–H and O–H groups in total. The van der Waals surface area contributed by atoms with Crippen molar-refractivity contribution >= 4 is 22.7 Å². The van der Waals surface area contributed by atoms with E-state index >= 15 is 0 Å². The number of aromatic nitrogens is 2. The maximum Gasteiger partial charge on any atom is 0.161 e. The van der Waals surface area contributed by atoms with Crippen LogP contribution in [0.5, 0.6) is 0 Å². The molecule has 1 aliphatic heterocycles. The molecular formula is C45H28N2S. The molecule has 0 fully saturated rings. The smallest absolute Gasteiger partial charge is 0.161 e. The first-order valence-corrected chi connectivity index (χ1v) is 17.2. The Morgan fingerprint density at radius 3 is 1.73 bits per heavy atom. The molecule has 0 bridgehead atoms. The molecule has 2 heterocycles. The fourth-order valence-electron chi connectivity index (χ4n) is 7.96. The molecule has 48 heavy (non-hydrogen) atoms. The van der Waals surface area contributed by atoms with Crippen LogP contribution in [-0.2, 0) is 5.41 Å². The third-order valence-electron chi connectivity index (χ3n) is 9.98. The Kier molecular flexibility index (Phi) is 6.06. The SMILES string of the molecule is c1ccc(-c2ccc(-c3nc(-c4cccc5c4-c4ccccc4C54c5ccccc5Sc5ccccc54)nc4ccccc34)cc2)cc1. The Bertz CT molecular complexity index is 2490. The summed E-state index contributed by atoms with van der Waals surface area (Å²) in [4.78, 5) is 13.3. The molecule has 0 saturated heterocycles. The average Bonchev–Trinajstić information content (AvgIpc) is 3.46. The van der Waals surface area contributed by atoms with Crippen LogP contribution >= 0.6 is 11.8 Å². The molecular weight excluding hydrogens is 601 g/mol. The maximum absolute atomic E-state index is 5.40. The third kappa shape index (κ3) is 3.89. The molecule has 1 spiro atoms. The van der Waals surface area contributed by atoms with Crippen LogP contribution in [0, 0.1) is 0 Å². The van der Waals surface area contributed by atoms with E-state index in [-0.39, 0.29) is 0 Å². The number of nitrogens with zero attached hydrogens (tertiary/aromatic N) is 2. The van der Waals surface area contributed by atoms with Gasteiger partial charge in [0.25, 0.3) is 0 Å². The normalized spacial score (nSPS) is 13.5. The van der Waals surface area contributed by atoms with Crippen LogP contribution in [0.4, 0.5) is 0 Å². The zero-order valence-electron chi connectivity index (χ0n) is 26.0. The van der Waals surface area contributed by atoms with E-state index in [0.717, 1.165) is 33.5 Å². The van der Waals surface area contributed by atoms with Gasteiger partial charge in [-0.05, 0) is 62.7 Å². The summed E-state index contributed by atoms with van der Waals surface area (Å²) < 4.78 is 0. The highest BCUT2D eigenvalue weighted by atomic mass is 32.2. The molecule has 0 amide bonds. The van der Waals surface area contributed by atoms with Crippen LogP contribution in [-0.4, -0.2) is 9.97 Å². The Labute approximate surface area is 283 Å². The second-order valence-corrected chi connectivity index (χ2v) is 13.6. The van der Waals surface area contributed by atoms with Crippen molar-refractivity contribution in [2.75, 3.05) is 0 Å². The number of para-hydroxylation sites is 1. The van der Waals surface area contributed by atoms with Crippen LogP contribution in [0.25, 0.3) is 55.8 Å². The number of rotatable bonds is 3. The Balaban J connectivity index is 1.23.